The second-order valence-electron chi connectivity index (χ2n) is 3.21. The van der Waals surface area contributed by atoms with Gasteiger partial charge in [0.2, 0.25) is 0 Å². The van der Waals surface area contributed by atoms with E-state index >= 15 is 0 Å². The highest BCUT2D eigenvalue weighted by Gasteiger charge is 2.38. The lowest BCUT2D eigenvalue weighted by Crippen LogP contribution is -2.32. The highest BCUT2D eigenvalue weighted by atomic mass is 14.4. The van der Waals surface area contributed by atoms with Crippen LogP contribution in [-0.4, -0.2) is 0 Å². The first-order valence-electron chi connectivity index (χ1n) is 3.06. The van der Waals surface area contributed by atoms with Crippen LogP contribution in [0.3, 0.4) is 0 Å². The van der Waals surface area contributed by atoms with Crippen molar-refractivity contribution in [2.75, 3.05) is 0 Å². The largest absolute Gasteiger partial charge is 0.198 e. The van der Waals surface area contributed by atoms with Crippen LogP contribution in [0.15, 0.2) is 0 Å². The third-order valence-corrected chi connectivity index (χ3v) is 2.18. The van der Waals surface area contributed by atoms with Crippen molar-refractivity contribution in [3.8, 4) is 6.07 Å². The van der Waals surface area contributed by atoms with Crippen molar-refractivity contribution in [2.45, 2.75) is 26.7 Å². The van der Waals surface area contributed by atoms with E-state index < -0.39 is 0 Å². The third kappa shape index (κ3) is 0.608. The van der Waals surface area contributed by atoms with Crippen molar-refractivity contribution in [1.82, 2.24) is 0 Å². The molecule has 0 aromatic heterocycles. The summed E-state index contributed by atoms with van der Waals surface area (Å²) in [5.41, 5.74) is 0.328. The van der Waals surface area contributed by atoms with Gasteiger partial charge in [0.05, 0.1) is 12.0 Å². The van der Waals surface area contributed by atoms with Crippen LogP contribution in [0, 0.1) is 22.7 Å². The lowest BCUT2D eigenvalue weighted by Gasteiger charge is -2.39. The smallest absolute Gasteiger partial charge is 0.0661 e. The lowest BCUT2D eigenvalue weighted by atomic mass is 9.63. The monoisotopic (exact) mass is 109 g/mol. The summed E-state index contributed by atoms with van der Waals surface area (Å²) in [6.07, 6.45) is 2.34. The third-order valence-electron chi connectivity index (χ3n) is 2.18. The van der Waals surface area contributed by atoms with E-state index in [0.717, 1.165) is 6.42 Å². The molecule has 1 aliphatic carbocycles. The molecule has 0 aromatic carbocycles. The summed E-state index contributed by atoms with van der Waals surface area (Å²) in [6, 6.07) is 2.29. The van der Waals surface area contributed by atoms with Crippen LogP contribution in [0.1, 0.15) is 26.7 Å². The fourth-order valence-corrected chi connectivity index (χ4v) is 1.11. The molecule has 1 aliphatic rings. The predicted molar refractivity (Wildman–Crippen MR) is 32.1 cm³/mol. The molecule has 0 saturated heterocycles. The van der Waals surface area contributed by atoms with Crippen LogP contribution < -0.4 is 0 Å². The number of hydrogen-bond donors (Lipinski definition) is 0. The van der Waals surface area contributed by atoms with E-state index in [1.807, 2.05) is 0 Å². The summed E-state index contributed by atoms with van der Waals surface area (Å²) < 4.78 is 0. The number of hydrogen-bond acceptors (Lipinski definition) is 1. The summed E-state index contributed by atoms with van der Waals surface area (Å²) in [6.45, 7) is 4.31. The maximum atomic E-state index is 8.47. The molecule has 1 heteroatoms. The van der Waals surface area contributed by atoms with Crippen LogP contribution in [-0.2, 0) is 0 Å². The molecule has 8 heavy (non-hydrogen) atoms. The van der Waals surface area contributed by atoms with Gasteiger partial charge in [0.25, 0.3) is 0 Å². The molecule has 1 rings (SSSR count). The van der Waals surface area contributed by atoms with Gasteiger partial charge < -0.3 is 0 Å². The fourth-order valence-electron chi connectivity index (χ4n) is 1.11. The Hall–Kier alpha value is -0.510. The van der Waals surface area contributed by atoms with Gasteiger partial charge in [-0.1, -0.05) is 13.8 Å². The Balaban J connectivity index is 2.53. The molecule has 1 fully saturated rings. The first-order valence-corrected chi connectivity index (χ1v) is 3.06. The average molecular weight is 109 g/mol. The van der Waals surface area contributed by atoms with Crippen molar-refractivity contribution < 1.29 is 0 Å². The van der Waals surface area contributed by atoms with Gasteiger partial charge in [-0.25, -0.2) is 0 Å². The van der Waals surface area contributed by atoms with Crippen molar-refractivity contribution >= 4 is 0 Å². The van der Waals surface area contributed by atoms with Gasteiger partial charge in [-0.3, -0.25) is 0 Å². The molecule has 0 heterocycles. The number of rotatable bonds is 0. The van der Waals surface area contributed by atoms with Crippen LogP contribution in [0.2, 0.25) is 0 Å². The lowest BCUT2D eigenvalue weighted by molar-refractivity contribution is 0.120. The highest BCUT2D eigenvalue weighted by Crippen LogP contribution is 2.45. The first-order chi connectivity index (χ1) is 3.67. The van der Waals surface area contributed by atoms with E-state index in [1.165, 1.54) is 6.42 Å². The normalized spacial score (nSPS) is 32.9. The standard InChI is InChI=1S/C7H11N/c1-7(2)4-3-6(7)5-8/h6H,3-4H2,1-2H3. The van der Waals surface area contributed by atoms with E-state index in [-0.39, 0.29) is 0 Å². The average Bonchev–Trinajstić information content (AvgIpc) is 1.66. The van der Waals surface area contributed by atoms with Crippen molar-refractivity contribution in [1.29, 1.82) is 5.26 Å². The molecular weight excluding hydrogens is 98.1 g/mol. The van der Waals surface area contributed by atoms with Crippen molar-refractivity contribution in [3.05, 3.63) is 0 Å². The van der Waals surface area contributed by atoms with Gasteiger partial charge in [-0.05, 0) is 18.3 Å². The summed E-state index contributed by atoms with van der Waals surface area (Å²) >= 11 is 0. The molecule has 0 amide bonds. The summed E-state index contributed by atoms with van der Waals surface area (Å²) in [4.78, 5) is 0. The maximum absolute atomic E-state index is 8.47. The molecule has 0 radical (unpaired) electrons. The minimum absolute atomic E-state index is 0.328. The Morgan fingerprint density at radius 2 is 2.25 bits per heavy atom. The van der Waals surface area contributed by atoms with E-state index in [9.17, 15) is 0 Å². The Bertz CT molecular complexity index is 130. The van der Waals surface area contributed by atoms with Gasteiger partial charge >= 0.3 is 0 Å². The number of nitriles is 1. The molecule has 44 valence electrons. The zero-order valence-corrected chi connectivity index (χ0v) is 5.44. The van der Waals surface area contributed by atoms with Crippen LogP contribution in [0.4, 0.5) is 0 Å². The zero-order valence-electron chi connectivity index (χ0n) is 5.44. The molecular formula is C7H11N. The van der Waals surface area contributed by atoms with Crippen LogP contribution in [0.25, 0.3) is 0 Å². The summed E-state index contributed by atoms with van der Waals surface area (Å²) in [5, 5.41) is 8.47. The number of nitrogens with zero attached hydrogens (tertiary/aromatic N) is 1. The summed E-state index contributed by atoms with van der Waals surface area (Å²) in [5.74, 6) is 0.336. The second-order valence-corrected chi connectivity index (χ2v) is 3.21. The minimum atomic E-state index is 0.328. The topological polar surface area (TPSA) is 23.8 Å². The van der Waals surface area contributed by atoms with Crippen molar-refractivity contribution in [2.24, 2.45) is 11.3 Å². The molecule has 0 N–H and O–H groups in total. The molecule has 1 nitrogen and oxygen atoms in total. The Kier molecular flexibility index (Phi) is 1.04. The van der Waals surface area contributed by atoms with Gasteiger partial charge in [0, 0.05) is 0 Å². The van der Waals surface area contributed by atoms with Crippen LogP contribution in [0.5, 0.6) is 0 Å². The van der Waals surface area contributed by atoms with E-state index in [2.05, 4.69) is 19.9 Å². The van der Waals surface area contributed by atoms with Crippen molar-refractivity contribution in [3.63, 3.8) is 0 Å². The Labute approximate surface area is 50.3 Å². The van der Waals surface area contributed by atoms with Gasteiger partial charge in [-0.2, -0.15) is 5.26 Å². The van der Waals surface area contributed by atoms with Crippen LogP contribution >= 0.6 is 0 Å². The molecule has 1 atom stereocenters. The fraction of sp³-hybridized carbons (Fsp3) is 0.857. The van der Waals surface area contributed by atoms with Gasteiger partial charge in [0.1, 0.15) is 0 Å². The molecule has 0 aromatic rings. The quantitative estimate of drug-likeness (QED) is 0.466. The highest BCUT2D eigenvalue weighted by molar-refractivity contribution is 5.00. The van der Waals surface area contributed by atoms with E-state index in [4.69, 9.17) is 5.26 Å². The molecule has 1 unspecified atom stereocenters. The zero-order chi connectivity index (χ0) is 6.20. The minimum Gasteiger partial charge on any atom is -0.198 e. The maximum Gasteiger partial charge on any atom is 0.0661 e. The molecule has 0 spiro atoms. The second kappa shape index (κ2) is 1.48. The Morgan fingerprint density at radius 1 is 1.62 bits per heavy atom. The molecule has 0 aliphatic heterocycles. The van der Waals surface area contributed by atoms with Gasteiger partial charge in [0.15, 0.2) is 0 Å². The van der Waals surface area contributed by atoms with E-state index in [1.54, 1.807) is 0 Å². The summed E-state index contributed by atoms with van der Waals surface area (Å²) in [7, 11) is 0. The SMILES string of the molecule is CC1(C)CCC1C#N. The predicted octanol–water partition coefficient (Wildman–Crippen LogP) is 1.95. The molecule has 1 saturated carbocycles. The first kappa shape index (κ1) is 5.62. The van der Waals surface area contributed by atoms with E-state index in [0.29, 0.717) is 11.3 Å². The van der Waals surface area contributed by atoms with Gasteiger partial charge in [-0.15, -0.1) is 0 Å². The molecule has 0 bridgehead atoms. The Morgan fingerprint density at radius 3 is 2.25 bits per heavy atom.